The molecule has 0 saturated heterocycles. The van der Waals surface area contributed by atoms with E-state index in [-0.39, 0.29) is 11.7 Å². The zero-order valence-electron chi connectivity index (χ0n) is 10.9. The molecule has 20 heavy (non-hydrogen) atoms. The highest BCUT2D eigenvalue weighted by atomic mass is 32.2. The molecule has 1 N–H and O–H groups in total. The molecule has 0 aliphatic carbocycles. The minimum atomic E-state index is -0.247. The van der Waals surface area contributed by atoms with Gasteiger partial charge in [-0.15, -0.1) is 11.8 Å². The molecule has 1 heterocycles. The van der Waals surface area contributed by atoms with Crippen molar-refractivity contribution in [1.29, 1.82) is 0 Å². The standard InChI is InChI=1S/C15H15FN2OS/c16-13-3-5-14(6-4-13)20-9-7-15(19)18-11-12-2-1-8-17-10-12/h1-6,8,10H,7,9,11H2,(H,18,19). The van der Waals surface area contributed by atoms with Crippen LogP contribution in [0, 0.1) is 5.82 Å². The maximum atomic E-state index is 12.7. The van der Waals surface area contributed by atoms with Crippen LogP contribution in [0.3, 0.4) is 0 Å². The number of rotatable bonds is 6. The van der Waals surface area contributed by atoms with Gasteiger partial charge in [0.25, 0.3) is 0 Å². The lowest BCUT2D eigenvalue weighted by atomic mass is 10.3. The van der Waals surface area contributed by atoms with E-state index in [0.717, 1.165) is 10.5 Å². The van der Waals surface area contributed by atoms with E-state index in [4.69, 9.17) is 0 Å². The number of carbonyl (C=O) groups excluding carboxylic acids is 1. The monoisotopic (exact) mass is 290 g/mol. The fourth-order valence-corrected chi connectivity index (χ4v) is 2.44. The fraction of sp³-hybridized carbons (Fsp3) is 0.200. The van der Waals surface area contributed by atoms with Gasteiger partial charge in [-0.25, -0.2) is 4.39 Å². The Morgan fingerprint density at radius 1 is 1.25 bits per heavy atom. The molecule has 0 radical (unpaired) electrons. The number of hydrogen-bond donors (Lipinski definition) is 1. The SMILES string of the molecule is O=C(CCSc1ccc(F)cc1)NCc1cccnc1. The summed E-state index contributed by atoms with van der Waals surface area (Å²) in [5.41, 5.74) is 0.979. The molecule has 5 heteroatoms. The summed E-state index contributed by atoms with van der Waals surface area (Å²) < 4.78 is 12.7. The van der Waals surface area contributed by atoms with E-state index in [1.165, 1.54) is 23.9 Å². The average Bonchev–Trinajstić information content (AvgIpc) is 2.48. The second kappa shape index (κ2) is 7.65. The summed E-state index contributed by atoms with van der Waals surface area (Å²) in [5.74, 6) is 0.428. The second-order valence-electron chi connectivity index (χ2n) is 4.19. The van der Waals surface area contributed by atoms with E-state index in [9.17, 15) is 9.18 Å². The van der Waals surface area contributed by atoms with E-state index in [2.05, 4.69) is 10.3 Å². The number of amides is 1. The molecule has 1 aromatic heterocycles. The minimum absolute atomic E-state index is 0.00321. The van der Waals surface area contributed by atoms with Crippen LogP contribution in [0.4, 0.5) is 4.39 Å². The van der Waals surface area contributed by atoms with Gasteiger partial charge in [0, 0.05) is 36.0 Å². The summed E-state index contributed by atoms with van der Waals surface area (Å²) in [6, 6.07) is 10.0. The van der Waals surface area contributed by atoms with Crippen LogP contribution in [-0.4, -0.2) is 16.6 Å². The van der Waals surface area contributed by atoms with Gasteiger partial charge in [0.2, 0.25) is 5.91 Å². The zero-order chi connectivity index (χ0) is 14.2. The summed E-state index contributed by atoms with van der Waals surface area (Å²) in [5, 5.41) is 2.84. The maximum Gasteiger partial charge on any atom is 0.221 e. The molecule has 3 nitrogen and oxygen atoms in total. The topological polar surface area (TPSA) is 42.0 Å². The molecule has 104 valence electrons. The number of halogens is 1. The van der Waals surface area contributed by atoms with Gasteiger partial charge in [0.15, 0.2) is 0 Å². The highest BCUT2D eigenvalue weighted by Crippen LogP contribution is 2.18. The third kappa shape index (κ3) is 5.01. The van der Waals surface area contributed by atoms with Crippen molar-refractivity contribution in [2.75, 3.05) is 5.75 Å². The quantitative estimate of drug-likeness (QED) is 0.832. The van der Waals surface area contributed by atoms with Gasteiger partial charge in [-0.2, -0.15) is 0 Å². The van der Waals surface area contributed by atoms with Crippen LogP contribution in [-0.2, 0) is 11.3 Å². The molecule has 0 aliphatic heterocycles. The third-order valence-corrected chi connectivity index (χ3v) is 3.64. The van der Waals surface area contributed by atoms with Crippen LogP contribution < -0.4 is 5.32 Å². The number of benzene rings is 1. The molecule has 0 saturated carbocycles. The van der Waals surface area contributed by atoms with Gasteiger partial charge in [-0.1, -0.05) is 6.07 Å². The summed E-state index contributed by atoms with van der Waals surface area (Å²) in [4.78, 5) is 16.6. The summed E-state index contributed by atoms with van der Waals surface area (Å²) >= 11 is 1.54. The van der Waals surface area contributed by atoms with Crippen molar-refractivity contribution < 1.29 is 9.18 Å². The average molecular weight is 290 g/mol. The predicted molar refractivity (Wildman–Crippen MR) is 77.8 cm³/mol. The van der Waals surface area contributed by atoms with E-state index in [1.54, 1.807) is 24.5 Å². The van der Waals surface area contributed by atoms with Crippen molar-refractivity contribution in [1.82, 2.24) is 10.3 Å². The molecule has 2 rings (SSSR count). The lowest BCUT2D eigenvalue weighted by Crippen LogP contribution is -2.23. The van der Waals surface area contributed by atoms with Crippen LogP contribution in [0.15, 0.2) is 53.7 Å². The van der Waals surface area contributed by atoms with Crippen molar-refractivity contribution >= 4 is 17.7 Å². The predicted octanol–water partition coefficient (Wildman–Crippen LogP) is 3.02. The first-order chi connectivity index (χ1) is 9.74. The molecular weight excluding hydrogens is 275 g/mol. The Hall–Kier alpha value is -1.88. The zero-order valence-corrected chi connectivity index (χ0v) is 11.7. The third-order valence-electron chi connectivity index (χ3n) is 2.62. The van der Waals surface area contributed by atoms with Gasteiger partial charge in [0.05, 0.1) is 0 Å². The first-order valence-electron chi connectivity index (χ1n) is 6.28. The second-order valence-corrected chi connectivity index (χ2v) is 5.36. The highest BCUT2D eigenvalue weighted by molar-refractivity contribution is 7.99. The Labute approximate surface area is 121 Å². The van der Waals surface area contributed by atoms with Gasteiger partial charge in [-0.05, 0) is 35.9 Å². The summed E-state index contributed by atoms with van der Waals surface area (Å²) in [6.45, 7) is 0.494. The van der Waals surface area contributed by atoms with Crippen LogP contribution in [0.25, 0.3) is 0 Å². The molecule has 0 bridgehead atoms. The Balaban J connectivity index is 1.66. The highest BCUT2D eigenvalue weighted by Gasteiger charge is 2.02. The van der Waals surface area contributed by atoms with Crippen molar-refractivity contribution in [3.05, 3.63) is 60.2 Å². The molecule has 0 aliphatic rings. The Morgan fingerprint density at radius 3 is 2.75 bits per heavy atom. The van der Waals surface area contributed by atoms with Crippen LogP contribution in [0.1, 0.15) is 12.0 Å². The Bertz CT molecular complexity index is 546. The summed E-state index contributed by atoms with van der Waals surface area (Å²) in [6.07, 6.45) is 3.86. The normalized spacial score (nSPS) is 10.2. The Morgan fingerprint density at radius 2 is 2.05 bits per heavy atom. The van der Waals surface area contributed by atoms with Crippen molar-refractivity contribution in [2.45, 2.75) is 17.9 Å². The lowest BCUT2D eigenvalue weighted by Gasteiger charge is -2.05. The lowest BCUT2D eigenvalue weighted by molar-refractivity contribution is -0.120. The number of carbonyl (C=O) groups is 1. The Kier molecular flexibility index (Phi) is 5.55. The minimum Gasteiger partial charge on any atom is -0.352 e. The van der Waals surface area contributed by atoms with Crippen molar-refractivity contribution in [2.24, 2.45) is 0 Å². The van der Waals surface area contributed by atoms with Gasteiger partial charge < -0.3 is 5.32 Å². The molecule has 0 atom stereocenters. The molecule has 0 unspecified atom stereocenters. The fourth-order valence-electron chi connectivity index (χ4n) is 1.58. The van der Waals surface area contributed by atoms with Crippen molar-refractivity contribution in [3.8, 4) is 0 Å². The smallest absolute Gasteiger partial charge is 0.221 e. The largest absolute Gasteiger partial charge is 0.352 e. The maximum absolute atomic E-state index is 12.7. The molecule has 0 fully saturated rings. The number of hydrogen-bond acceptors (Lipinski definition) is 3. The number of nitrogens with zero attached hydrogens (tertiary/aromatic N) is 1. The van der Waals surface area contributed by atoms with Crippen LogP contribution >= 0.6 is 11.8 Å². The van der Waals surface area contributed by atoms with Gasteiger partial charge in [0.1, 0.15) is 5.82 Å². The molecular formula is C15H15FN2OS. The number of nitrogens with one attached hydrogen (secondary N) is 1. The first-order valence-corrected chi connectivity index (χ1v) is 7.26. The number of aromatic nitrogens is 1. The van der Waals surface area contributed by atoms with E-state index in [0.29, 0.717) is 18.7 Å². The summed E-state index contributed by atoms with van der Waals surface area (Å²) in [7, 11) is 0. The van der Waals surface area contributed by atoms with Crippen LogP contribution in [0.2, 0.25) is 0 Å². The van der Waals surface area contributed by atoms with E-state index >= 15 is 0 Å². The van der Waals surface area contributed by atoms with Gasteiger partial charge >= 0.3 is 0 Å². The van der Waals surface area contributed by atoms with Gasteiger partial charge in [-0.3, -0.25) is 9.78 Å². The van der Waals surface area contributed by atoms with E-state index < -0.39 is 0 Å². The molecule has 0 spiro atoms. The number of thioether (sulfide) groups is 1. The number of pyridine rings is 1. The molecule has 1 amide bonds. The molecule has 1 aromatic carbocycles. The molecule has 2 aromatic rings. The van der Waals surface area contributed by atoms with Crippen LogP contribution in [0.5, 0.6) is 0 Å². The first kappa shape index (κ1) is 14.5. The van der Waals surface area contributed by atoms with Crippen molar-refractivity contribution in [3.63, 3.8) is 0 Å². The van der Waals surface area contributed by atoms with E-state index in [1.807, 2.05) is 12.1 Å².